The number of anilines is 1. The molecule has 4 aromatic rings. The van der Waals surface area contributed by atoms with Gasteiger partial charge in [-0.2, -0.15) is 9.78 Å². The Morgan fingerprint density at radius 2 is 1.89 bits per heavy atom. The van der Waals surface area contributed by atoms with Crippen LogP contribution in [0.15, 0.2) is 69.0 Å². The van der Waals surface area contributed by atoms with Crippen molar-refractivity contribution in [3.63, 3.8) is 0 Å². The van der Waals surface area contributed by atoms with E-state index in [1.807, 2.05) is 55.4 Å². The predicted octanol–water partition coefficient (Wildman–Crippen LogP) is 7.34. The van der Waals surface area contributed by atoms with Crippen LogP contribution in [0.25, 0.3) is 10.9 Å². The Kier molecular flexibility index (Phi) is 8.90. The minimum Gasteiger partial charge on any atom is -0.488 e. The zero-order valence-electron chi connectivity index (χ0n) is 20.8. The van der Waals surface area contributed by atoms with Gasteiger partial charge in [-0.25, -0.2) is 4.98 Å². The number of ether oxygens (including phenoxy) is 1. The molecule has 0 fully saturated rings. The molecule has 0 saturated heterocycles. The van der Waals surface area contributed by atoms with Crippen LogP contribution < -0.4 is 15.2 Å². The van der Waals surface area contributed by atoms with E-state index >= 15 is 0 Å². The maximum atomic E-state index is 13.4. The van der Waals surface area contributed by atoms with Crippen LogP contribution in [-0.2, 0) is 13.0 Å². The number of unbranched alkanes of at least 4 members (excludes halogenated alkanes) is 1. The van der Waals surface area contributed by atoms with Gasteiger partial charge < -0.3 is 9.64 Å². The third-order valence-electron chi connectivity index (χ3n) is 5.83. The first-order valence-corrected chi connectivity index (χ1v) is 13.5. The minimum absolute atomic E-state index is 0.211. The molecule has 0 bridgehead atoms. The molecule has 0 N–H and O–H groups in total. The third-order valence-corrected chi connectivity index (χ3v) is 7.07. The molecule has 1 heterocycles. The standard InChI is InChI=1S/C28H27BrCl2N4O2/c1-4-5-6-27-33-25-12-9-20(29)14-22(25)28(36)35(27)32-16-19-8-10-21(34(2)3)15-26(19)37-17-18-7-11-23(30)24(31)13-18/h7-16H,4-6,17H2,1-3H3. The van der Waals surface area contributed by atoms with E-state index < -0.39 is 0 Å². The Bertz CT molecular complexity index is 1520. The van der Waals surface area contributed by atoms with Gasteiger partial charge in [-0.3, -0.25) is 4.79 Å². The molecule has 0 aliphatic rings. The van der Waals surface area contributed by atoms with Crippen molar-refractivity contribution in [2.45, 2.75) is 32.8 Å². The van der Waals surface area contributed by atoms with Crippen LogP contribution in [0.4, 0.5) is 5.69 Å². The molecule has 0 saturated carbocycles. The highest BCUT2D eigenvalue weighted by Gasteiger charge is 2.12. The number of aromatic nitrogens is 2. The fourth-order valence-corrected chi connectivity index (χ4v) is 4.44. The van der Waals surface area contributed by atoms with E-state index in [0.29, 0.717) is 45.5 Å². The average molecular weight is 602 g/mol. The van der Waals surface area contributed by atoms with Crippen molar-refractivity contribution in [2.75, 3.05) is 19.0 Å². The van der Waals surface area contributed by atoms with Gasteiger partial charge in [0, 0.05) is 42.3 Å². The fraction of sp³-hybridized carbons (Fsp3) is 0.250. The molecule has 0 amide bonds. The Morgan fingerprint density at radius 1 is 1.08 bits per heavy atom. The predicted molar refractivity (Wildman–Crippen MR) is 157 cm³/mol. The summed E-state index contributed by atoms with van der Waals surface area (Å²) in [5.74, 6) is 1.25. The molecule has 0 unspecified atom stereocenters. The molecule has 0 spiro atoms. The molecule has 3 aromatic carbocycles. The molecule has 0 aliphatic heterocycles. The normalized spacial score (nSPS) is 11.4. The molecule has 0 radical (unpaired) electrons. The monoisotopic (exact) mass is 600 g/mol. The molecule has 1 aromatic heterocycles. The van der Waals surface area contributed by atoms with Crippen molar-refractivity contribution in [3.05, 3.63) is 96.4 Å². The number of nitrogens with zero attached hydrogens (tertiary/aromatic N) is 4. The highest BCUT2D eigenvalue weighted by molar-refractivity contribution is 9.10. The quantitative estimate of drug-likeness (QED) is 0.188. The first-order chi connectivity index (χ1) is 17.8. The summed E-state index contributed by atoms with van der Waals surface area (Å²) in [6.45, 7) is 2.40. The number of hydrogen-bond acceptors (Lipinski definition) is 5. The summed E-state index contributed by atoms with van der Waals surface area (Å²) in [5.41, 5.74) is 3.03. The van der Waals surface area contributed by atoms with Crippen molar-refractivity contribution in [1.29, 1.82) is 0 Å². The van der Waals surface area contributed by atoms with Gasteiger partial charge in [0.25, 0.3) is 5.56 Å². The van der Waals surface area contributed by atoms with E-state index in [-0.39, 0.29) is 5.56 Å². The lowest BCUT2D eigenvalue weighted by Crippen LogP contribution is -2.22. The highest BCUT2D eigenvalue weighted by Crippen LogP contribution is 2.27. The van der Waals surface area contributed by atoms with Gasteiger partial charge in [-0.15, -0.1) is 0 Å². The number of hydrogen-bond donors (Lipinski definition) is 0. The van der Waals surface area contributed by atoms with Gasteiger partial charge in [0.1, 0.15) is 18.2 Å². The summed E-state index contributed by atoms with van der Waals surface area (Å²) >= 11 is 15.7. The summed E-state index contributed by atoms with van der Waals surface area (Å²) in [5, 5.41) is 6.07. The molecular weight excluding hydrogens is 575 g/mol. The van der Waals surface area contributed by atoms with Crippen molar-refractivity contribution in [1.82, 2.24) is 9.66 Å². The van der Waals surface area contributed by atoms with E-state index in [2.05, 4.69) is 28.0 Å². The first-order valence-electron chi connectivity index (χ1n) is 11.9. The van der Waals surface area contributed by atoms with Crippen LogP contribution in [0.3, 0.4) is 0 Å². The molecule has 0 atom stereocenters. The largest absolute Gasteiger partial charge is 0.488 e. The van der Waals surface area contributed by atoms with Crippen LogP contribution in [0.2, 0.25) is 10.0 Å². The van der Waals surface area contributed by atoms with Gasteiger partial charge >= 0.3 is 0 Å². The van der Waals surface area contributed by atoms with Crippen LogP contribution in [0.5, 0.6) is 5.75 Å². The molecule has 0 aliphatic carbocycles. The van der Waals surface area contributed by atoms with Crippen LogP contribution in [0.1, 0.15) is 36.7 Å². The fourth-order valence-electron chi connectivity index (χ4n) is 3.75. The Hall–Kier alpha value is -2.87. The second kappa shape index (κ2) is 12.1. The maximum Gasteiger partial charge on any atom is 0.282 e. The van der Waals surface area contributed by atoms with Gasteiger partial charge in [0.2, 0.25) is 0 Å². The van der Waals surface area contributed by atoms with E-state index in [1.54, 1.807) is 24.4 Å². The second-order valence-electron chi connectivity index (χ2n) is 8.81. The summed E-state index contributed by atoms with van der Waals surface area (Å²) in [7, 11) is 3.93. The molecule has 4 rings (SSSR count). The Morgan fingerprint density at radius 3 is 2.62 bits per heavy atom. The van der Waals surface area contributed by atoms with Crippen LogP contribution >= 0.6 is 39.1 Å². The molecule has 37 heavy (non-hydrogen) atoms. The lowest BCUT2D eigenvalue weighted by molar-refractivity contribution is 0.306. The number of rotatable bonds is 9. The van der Waals surface area contributed by atoms with Crippen molar-refractivity contribution in [2.24, 2.45) is 5.10 Å². The van der Waals surface area contributed by atoms with Crippen LogP contribution in [-0.4, -0.2) is 30.0 Å². The summed E-state index contributed by atoms with van der Waals surface area (Å²) in [6, 6.07) is 16.7. The summed E-state index contributed by atoms with van der Waals surface area (Å²) < 4.78 is 8.39. The molecule has 192 valence electrons. The number of benzene rings is 3. The van der Waals surface area contributed by atoms with Gasteiger partial charge in [0.15, 0.2) is 0 Å². The summed E-state index contributed by atoms with van der Waals surface area (Å²) in [4.78, 5) is 20.1. The SMILES string of the molecule is CCCCc1nc2ccc(Br)cc2c(=O)n1N=Cc1ccc(N(C)C)cc1OCc1ccc(Cl)c(Cl)c1. The first kappa shape index (κ1) is 27.2. The van der Waals surface area contributed by atoms with Crippen molar-refractivity contribution in [3.8, 4) is 5.75 Å². The van der Waals surface area contributed by atoms with Crippen LogP contribution in [0, 0.1) is 0 Å². The van der Waals surface area contributed by atoms with E-state index in [0.717, 1.165) is 34.1 Å². The molecule has 6 nitrogen and oxygen atoms in total. The summed E-state index contributed by atoms with van der Waals surface area (Å²) in [6.07, 6.45) is 4.18. The number of halogens is 3. The third kappa shape index (κ3) is 6.53. The van der Waals surface area contributed by atoms with Crippen molar-refractivity contribution < 1.29 is 4.74 Å². The van der Waals surface area contributed by atoms with Crippen molar-refractivity contribution >= 4 is 61.9 Å². The number of fused-ring (bicyclic) bond motifs is 1. The minimum atomic E-state index is -0.211. The smallest absolute Gasteiger partial charge is 0.282 e. The number of aryl methyl sites for hydroxylation is 1. The Balaban J connectivity index is 1.73. The lowest BCUT2D eigenvalue weighted by Gasteiger charge is -2.16. The van der Waals surface area contributed by atoms with E-state index in [1.165, 1.54) is 4.68 Å². The molecular formula is C28H27BrCl2N4O2. The maximum absolute atomic E-state index is 13.4. The van der Waals surface area contributed by atoms with E-state index in [4.69, 9.17) is 32.9 Å². The Labute approximate surface area is 234 Å². The molecule has 9 heteroatoms. The highest BCUT2D eigenvalue weighted by atomic mass is 79.9. The average Bonchev–Trinajstić information content (AvgIpc) is 2.88. The van der Waals surface area contributed by atoms with E-state index in [9.17, 15) is 4.79 Å². The zero-order valence-corrected chi connectivity index (χ0v) is 23.9. The van der Waals surface area contributed by atoms with Gasteiger partial charge in [0.05, 0.1) is 27.2 Å². The topological polar surface area (TPSA) is 59.7 Å². The van der Waals surface area contributed by atoms with Gasteiger partial charge in [-0.1, -0.05) is 58.5 Å². The van der Waals surface area contributed by atoms with Gasteiger partial charge in [-0.05, 0) is 54.4 Å². The lowest BCUT2D eigenvalue weighted by atomic mass is 10.2. The zero-order chi connectivity index (χ0) is 26.5. The second-order valence-corrected chi connectivity index (χ2v) is 10.5.